The van der Waals surface area contributed by atoms with E-state index in [2.05, 4.69) is 4.98 Å². The van der Waals surface area contributed by atoms with E-state index in [1.165, 1.54) is 12.1 Å². The highest BCUT2D eigenvalue weighted by Crippen LogP contribution is 2.20. The first-order chi connectivity index (χ1) is 8.16. The Labute approximate surface area is 102 Å². The van der Waals surface area contributed by atoms with Crippen LogP contribution in [0.5, 0.6) is 0 Å². The van der Waals surface area contributed by atoms with Gasteiger partial charge in [-0.2, -0.15) is 0 Å². The highest BCUT2D eigenvalue weighted by atomic mass is 32.1. The van der Waals surface area contributed by atoms with E-state index in [0.717, 1.165) is 10.7 Å². The molecule has 0 fully saturated rings. The zero-order valence-electron chi connectivity index (χ0n) is 9.24. The number of hydrogen-bond acceptors (Lipinski definition) is 5. The molecule has 0 amide bonds. The molecular formula is C11H11N3O2S. The molecule has 17 heavy (non-hydrogen) atoms. The zero-order chi connectivity index (χ0) is 12.3. The first-order valence-electron chi connectivity index (χ1n) is 5.01. The van der Waals surface area contributed by atoms with Gasteiger partial charge in [-0.1, -0.05) is 0 Å². The summed E-state index contributed by atoms with van der Waals surface area (Å²) in [5.74, 6) is 0. The summed E-state index contributed by atoms with van der Waals surface area (Å²) in [6, 6.07) is 6.50. The lowest BCUT2D eigenvalue weighted by Crippen LogP contribution is -2.15. The summed E-state index contributed by atoms with van der Waals surface area (Å²) in [6.45, 7) is 0.704. The molecule has 0 saturated heterocycles. The fourth-order valence-electron chi connectivity index (χ4n) is 1.45. The van der Waals surface area contributed by atoms with Crippen LogP contribution in [0.2, 0.25) is 0 Å². The lowest BCUT2D eigenvalue weighted by atomic mass is 10.2. The lowest BCUT2D eigenvalue weighted by molar-refractivity contribution is -0.384. The number of nitrogens with zero attached hydrogens (tertiary/aromatic N) is 3. The molecule has 5 nitrogen and oxygen atoms in total. The van der Waals surface area contributed by atoms with Crippen molar-refractivity contribution in [2.24, 2.45) is 0 Å². The highest BCUT2D eigenvalue weighted by Gasteiger charge is 2.07. The third-order valence-electron chi connectivity index (χ3n) is 2.36. The third-order valence-corrected chi connectivity index (χ3v) is 3.12. The van der Waals surface area contributed by atoms with Gasteiger partial charge in [0.25, 0.3) is 5.69 Å². The van der Waals surface area contributed by atoms with Crippen LogP contribution in [0.15, 0.2) is 35.8 Å². The Bertz CT molecular complexity index is 496. The van der Waals surface area contributed by atoms with Crippen LogP contribution >= 0.6 is 11.3 Å². The topological polar surface area (TPSA) is 59.3 Å². The van der Waals surface area contributed by atoms with Gasteiger partial charge in [-0.3, -0.25) is 10.1 Å². The molecule has 0 aliphatic heterocycles. The van der Waals surface area contributed by atoms with Crippen LogP contribution < -0.4 is 4.90 Å². The van der Waals surface area contributed by atoms with Crippen LogP contribution in [-0.4, -0.2) is 17.0 Å². The maximum atomic E-state index is 10.5. The Morgan fingerprint density at radius 1 is 1.41 bits per heavy atom. The molecule has 1 aromatic heterocycles. The summed E-state index contributed by atoms with van der Waals surface area (Å²) in [5.41, 5.74) is 1.04. The van der Waals surface area contributed by atoms with Gasteiger partial charge in [-0.25, -0.2) is 4.98 Å². The number of nitro groups is 1. The van der Waals surface area contributed by atoms with Crippen LogP contribution in [0.3, 0.4) is 0 Å². The third kappa shape index (κ3) is 2.79. The Hall–Kier alpha value is -1.95. The predicted octanol–water partition coefficient (Wildman–Crippen LogP) is 2.69. The maximum Gasteiger partial charge on any atom is 0.269 e. The fraction of sp³-hybridized carbons (Fsp3) is 0.182. The molecule has 1 aromatic carbocycles. The van der Waals surface area contributed by atoms with Gasteiger partial charge in [-0.05, 0) is 12.1 Å². The Morgan fingerprint density at radius 2 is 2.12 bits per heavy atom. The minimum Gasteiger partial charge on any atom is -0.368 e. The summed E-state index contributed by atoms with van der Waals surface area (Å²) in [7, 11) is 1.93. The monoisotopic (exact) mass is 249 g/mol. The molecule has 0 bridgehead atoms. The van der Waals surface area contributed by atoms with Crippen molar-refractivity contribution >= 4 is 22.7 Å². The summed E-state index contributed by atoms with van der Waals surface area (Å²) in [5, 5.41) is 13.5. The highest BCUT2D eigenvalue weighted by molar-refractivity contribution is 7.09. The number of rotatable bonds is 4. The Balaban J connectivity index is 2.09. The molecule has 0 N–H and O–H groups in total. The molecule has 1 heterocycles. The van der Waals surface area contributed by atoms with Crippen molar-refractivity contribution in [1.29, 1.82) is 0 Å². The van der Waals surface area contributed by atoms with E-state index >= 15 is 0 Å². The number of thiazole rings is 1. The van der Waals surface area contributed by atoms with E-state index in [9.17, 15) is 10.1 Å². The Morgan fingerprint density at radius 3 is 2.65 bits per heavy atom. The number of aromatic nitrogens is 1. The van der Waals surface area contributed by atoms with E-state index in [4.69, 9.17) is 0 Å². The predicted molar refractivity (Wildman–Crippen MR) is 67.3 cm³/mol. The van der Waals surface area contributed by atoms with E-state index in [-0.39, 0.29) is 5.69 Å². The zero-order valence-corrected chi connectivity index (χ0v) is 10.1. The lowest BCUT2D eigenvalue weighted by Gasteiger charge is -2.17. The molecule has 0 aliphatic rings. The number of benzene rings is 1. The van der Waals surface area contributed by atoms with Gasteiger partial charge in [0.15, 0.2) is 0 Å². The second-order valence-electron chi connectivity index (χ2n) is 3.56. The maximum absolute atomic E-state index is 10.5. The minimum atomic E-state index is -0.398. The first-order valence-corrected chi connectivity index (χ1v) is 5.89. The van der Waals surface area contributed by atoms with Crippen molar-refractivity contribution in [3.8, 4) is 0 Å². The molecule has 88 valence electrons. The summed E-state index contributed by atoms with van der Waals surface area (Å²) in [6.07, 6.45) is 1.77. The molecule has 0 radical (unpaired) electrons. The van der Waals surface area contributed by atoms with E-state index in [0.29, 0.717) is 6.54 Å². The van der Waals surface area contributed by atoms with Gasteiger partial charge in [0.05, 0.1) is 11.5 Å². The van der Waals surface area contributed by atoms with Crippen molar-refractivity contribution in [3.63, 3.8) is 0 Å². The van der Waals surface area contributed by atoms with Crippen molar-refractivity contribution in [3.05, 3.63) is 51.0 Å². The standard InChI is InChI=1S/C11H11N3O2S/c1-13(8-11-12-6-7-17-11)9-2-4-10(5-3-9)14(15)16/h2-7H,8H2,1H3. The number of anilines is 1. The second kappa shape index (κ2) is 4.92. The normalized spacial score (nSPS) is 10.2. The number of hydrogen-bond donors (Lipinski definition) is 0. The fourth-order valence-corrected chi connectivity index (χ4v) is 2.12. The van der Waals surface area contributed by atoms with Gasteiger partial charge >= 0.3 is 0 Å². The average Bonchev–Trinajstić information content (AvgIpc) is 2.82. The minimum absolute atomic E-state index is 0.108. The van der Waals surface area contributed by atoms with Crippen molar-refractivity contribution in [2.45, 2.75) is 6.54 Å². The molecule has 2 aromatic rings. The molecule has 2 rings (SSSR count). The molecule has 0 spiro atoms. The van der Waals surface area contributed by atoms with Crippen LogP contribution in [0.25, 0.3) is 0 Å². The van der Waals surface area contributed by atoms with Crippen molar-refractivity contribution < 1.29 is 4.92 Å². The van der Waals surface area contributed by atoms with Gasteiger partial charge in [0.1, 0.15) is 5.01 Å². The van der Waals surface area contributed by atoms with Crippen molar-refractivity contribution in [1.82, 2.24) is 4.98 Å². The molecule has 0 aliphatic carbocycles. The largest absolute Gasteiger partial charge is 0.368 e. The van der Waals surface area contributed by atoms with Crippen molar-refractivity contribution in [2.75, 3.05) is 11.9 Å². The molecule has 0 unspecified atom stereocenters. The van der Waals surface area contributed by atoms with Crippen LogP contribution in [-0.2, 0) is 6.54 Å². The smallest absolute Gasteiger partial charge is 0.269 e. The van der Waals surface area contributed by atoms with Crippen LogP contribution in [0.1, 0.15) is 5.01 Å². The first kappa shape index (κ1) is 11.5. The second-order valence-corrected chi connectivity index (χ2v) is 4.53. The van der Waals surface area contributed by atoms with Gasteiger partial charge < -0.3 is 4.90 Å². The van der Waals surface area contributed by atoms with E-state index in [1.54, 1.807) is 29.7 Å². The SMILES string of the molecule is CN(Cc1nccs1)c1ccc([N+](=O)[O-])cc1. The number of non-ortho nitro benzene ring substituents is 1. The van der Waals surface area contributed by atoms with Crippen LogP contribution in [0.4, 0.5) is 11.4 Å². The molecule has 6 heteroatoms. The Kier molecular flexibility index (Phi) is 3.34. The number of nitro benzene ring substituents is 1. The molecule has 0 saturated carbocycles. The van der Waals surface area contributed by atoms with E-state index < -0.39 is 4.92 Å². The van der Waals surface area contributed by atoms with E-state index in [1.807, 2.05) is 17.3 Å². The average molecular weight is 249 g/mol. The molecular weight excluding hydrogens is 238 g/mol. The van der Waals surface area contributed by atoms with Gasteiger partial charge in [0, 0.05) is 36.4 Å². The van der Waals surface area contributed by atoms with Gasteiger partial charge in [0.2, 0.25) is 0 Å². The van der Waals surface area contributed by atoms with Gasteiger partial charge in [-0.15, -0.1) is 11.3 Å². The summed E-state index contributed by atoms with van der Waals surface area (Å²) in [4.78, 5) is 16.3. The molecule has 0 atom stereocenters. The van der Waals surface area contributed by atoms with Crippen LogP contribution in [0, 0.1) is 10.1 Å². The summed E-state index contributed by atoms with van der Waals surface area (Å²) >= 11 is 1.59. The summed E-state index contributed by atoms with van der Waals surface area (Å²) < 4.78 is 0. The quantitative estimate of drug-likeness (QED) is 0.617.